The lowest BCUT2D eigenvalue weighted by Gasteiger charge is -2.34. The Morgan fingerprint density at radius 3 is 1.78 bits per heavy atom. The van der Waals surface area contributed by atoms with Crippen LogP contribution in [0.15, 0.2) is 117 Å². The summed E-state index contributed by atoms with van der Waals surface area (Å²) in [6.07, 6.45) is 2.92. The molecule has 5 rings (SSSR count). The molecule has 0 saturated heterocycles. The van der Waals surface area contributed by atoms with E-state index in [0.29, 0.717) is 0 Å². The lowest BCUT2D eigenvalue weighted by molar-refractivity contribution is 0.479. The standard InChI is InChI=1S/C30H24O2/c1-4-31-24-17-14-22(15-18-24)30(23-16-19-29(32-5-2)21(3)20-23)27-12-8-6-10-25(27)26-11-7-9-13-28(26)30/h4-20H,1-2H2,3H3. The molecule has 32 heavy (non-hydrogen) atoms. The second-order valence-corrected chi connectivity index (χ2v) is 7.91. The number of fused-ring (bicyclic) bond motifs is 3. The van der Waals surface area contributed by atoms with E-state index in [0.717, 1.165) is 17.1 Å². The first-order valence-corrected chi connectivity index (χ1v) is 10.7. The van der Waals surface area contributed by atoms with Crippen LogP contribution in [-0.2, 0) is 5.41 Å². The molecular weight excluding hydrogens is 392 g/mol. The molecule has 0 aromatic heterocycles. The largest absolute Gasteiger partial charge is 0.466 e. The van der Waals surface area contributed by atoms with Crippen LogP contribution in [-0.4, -0.2) is 0 Å². The van der Waals surface area contributed by atoms with Gasteiger partial charge in [-0.05, 0) is 64.1 Å². The highest BCUT2D eigenvalue weighted by Gasteiger charge is 2.46. The Hall–Kier alpha value is -4.04. The van der Waals surface area contributed by atoms with Crippen molar-refractivity contribution in [3.05, 3.63) is 144 Å². The quantitative estimate of drug-likeness (QED) is 0.268. The summed E-state index contributed by atoms with van der Waals surface area (Å²) in [6, 6.07) is 32.1. The van der Waals surface area contributed by atoms with Crippen molar-refractivity contribution < 1.29 is 9.47 Å². The lowest BCUT2D eigenvalue weighted by atomic mass is 9.67. The average Bonchev–Trinajstić information content (AvgIpc) is 3.13. The fourth-order valence-electron chi connectivity index (χ4n) is 5.01. The highest BCUT2D eigenvalue weighted by Crippen LogP contribution is 2.56. The third-order valence-corrected chi connectivity index (χ3v) is 6.28. The molecule has 0 radical (unpaired) electrons. The molecule has 0 fully saturated rings. The van der Waals surface area contributed by atoms with Gasteiger partial charge in [-0.25, -0.2) is 0 Å². The molecule has 1 aliphatic rings. The number of hydrogen-bond donors (Lipinski definition) is 0. The van der Waals surface area contributed by atoms with Crippen LogP contribution in [0, 0.1) is 6.92 Å². The third-order valence-electron chi connectivity index (χ3n) is 6.28. The van der Waals surface area contributed by atoms with Crippen molar-refractivity contribution in [1.82, 2.24) is 0 Å². The molecule has 4 aromatic carbocycles. The maximum atomic E-state index is 5.61. The number of aryl methyl sites for hydroxylation is 1. The Kier molecular flexibility index (Phi) is 4.91. The average molecular weight is 417 g/mol. The van der Waals surface area contributed by atoms with Gasteiger partial charge in [0.05, 0.1) is 17.9 Å². The molecule has 4 aromatic rings. The van der Waals surface area contributed by atoms with Gasteiger partial charge in [0, 0.05) is 0 Å². The molecule has 0 unspecified atom stereocenters. The molecule has 0 spiro atoms. The van der Waals surface area contributed by atoms with E-state index >= 15 is 0 Å². The van der Waals surface area contributed by atoms with Crippen LogP contribution < -0.4 is 9.47 Å². The van der Waals surface area contributed by atoms with Crippen molar-refractivity contribution in [2.24, 2.45) is 0 Å². The molecule has 0 bridgehead atoms. The Morgan fingerprint density at radius 2 is 1.22 bits per heavy atom. The summed E-state index contributed by atoms with van der Waals surface area (Å²) in [5, 5.41) is 0. The Bertz CT molecular complexity index is 1270. The third kappa shape index (κ3) is 2.88. The SMILES string of the molecule is C=COc1ccc(C2(c3ccc(OC=C)c(C)c3)c3ccccc3-c3ccccc32)cc1. The van der Waals surface area contributed by atoms with E-state index in [9.17, 15) is 0 Å². The zero-order valence-corrected chi connectivity index (χ0v) is 18.0. The van der Waals surface area contributed by atoms with E-state index in [2.05, 4.69) is 92.9 Å². The van der Waals surface area contributed by atoms with Gasteiger partial charge >= 0.3 is 0 Å². The van der Waals surface area contributed by atoms with Crippen LogP contribution in [0.2, 0.25) is 0 Å². The van der Waals surface area contributed by atoms with Crippen molar-refractivity contribution in [2.75, 3.05) is 0 Å². The first-order chi connectivity index (χ1) is 15.7. The van der Waals surface area contributed by atoms with Gasteiger partial charge in [0.15, 0.2) is 0 Å². The molecule has 0 aliphatic heterocycles. The monoisotopic (exact) mass is 416 g/mol. The van der Waals surface area contributed by atoms with E-state index in [4.69, 9.17) is 9.47 Å². The second-order valence-electron chi connectivity index (χ2n) is 7.91. The van der Waals surface area contributed by atoms with Gasteiger partial charge in [0.25, 0.3) is 0 Å². The predicted molar refractivity (Wildman–Crippen MR) is 130 cm³/mol. The summed E-state index contributed by atoms with van der Waals surface area (Å²) >= 11 is 0. The molecule has 0 atom stereocenters. The van der Waals surface area contributed by atoms with Crippen molar-refractivity contribution in [1.29, 1.82) is 0 Å². The molecule has 2 heteroatoms. The molecule has 1 aliphatic carbocycles. The molecule has 0 saturated carbocycles. The van der Waals surface area contributed by atoms with Crippen LogP contribution in [0.4, 0.5) is 0 Å². The van der Waals surface area contributed by atoms with Crippen LogP contribution in [0.5, 0.6) is 11.5 Å². The maximum Gasteiger partial charge on any atom is 0.129 e. The first-order valence-electron chi connectivity index (χ1n) is 10.7. The van der Waals surface area contributed by atoms with E-state index in [-0.39, 0.29) is 0 Å². The van der Waals surface area contributed by atoms with Gasteiger partial charge < -0.3 is 9.47 Å². The summed E-state index contributed by atoms with van der Waals surface area (Å²) in [7, 11) is 0. The normalized spacial score (nSPS) is 13.0. The predicted octanol–water partition coefficient (Wildman–Crippen LogP) is 7.40. The topological polar surface area (TPSA) is 18.5 Å². The van der Waals surface area contributed by atoms with Gasteiger partial charge in [-0.2, -0.15) is 0 Å². The Labute approximate surface area is 189 Å². The Morgan fingerprint density at radius 1 is 0.656 bits per heavy atom. The molecule has 0 heterocycles. The molecular formula is C30H24O2. The van der Waals surface area contributed by atoms with Crippen LogP contribution >= 0.6 is 0 Å². The zero-order valence-electron chi connectivity index (χ0n) is 18.0. The molecule has 2 nitrogen and oxygen atoms in total. The minimum absolute atomic E-state index is 0.447. The summed E-state index contributed by atoms with van der Waals surface area (Å²) in [6.45, 7) is 9.44. The smallest absolute Gasteiger partial charge is 0.129 e. The molecule has 156 valence electrons. The maximum absolute atomic E-state index is 5.61. The number of rotatable bonds is 6. The fraction of sp³-hybridized carbons (Fsp3) is 0.0667. The van der Waals surface area contributed by atoms with Crippen molar-refractivity contribution in [3.8, 4) is 22.6 Å². The van der Waals surface area contributed by atoms with Gasteiger partial charge in [-0.3, -0.25) is 0 Å². The van der Waals surface area contributed by atoms with Gasteiger partial charge in [0.2, 0.25) is 0 Å². The number of hydrogen-bond acceptors (Lipinski definition) is 2. The van der Waals surface area contributed by atoms with Gasteiger partial charge in [-0.1, -0.05) is 86.0 Å². The minimum Gasteiger partial charge on any atom is -0.466 e. The summed E-state index contributed by atoms with van der Waals surface area (Å²) in [5.41, 5.74) is 8.07. The van der Waals surface area contributed by atoms with Gasteiger partial charge in [0.1, 0.15) is 11.5 Å². The lowest BCUT2D eigenvalue weighted by Crippen LogP contribution is -2.28. The van der Waals surface area contributed by atoms with E-state index in [1.807, 2.05) is 18.2 Å². The number of benzene rings is 4. The zero-order chi connectivity index (χ0) is 22.1. The van der Waals surface area contributed by atoms with E-state index < -0.39 is 5.41 Å². The van der Waals surface area contributed by atoms with Crippen molar-refractivity contribution in [2.45, 2.75) is 12.3 Å². The fourth-order valence-corrected chi connectivity index (χ4v) is 5.01. The summed E-state index contributed by atoms with van der Waals surface area (Å²) < 4.78 is 11.1. The van der Waals surface area contributed by atoms with Crippen LogP contribution in [0.3, 0.4) is 0 Å². The highest BCUT2D eigenvalue weighted by atomic mass is 16.5. The van der Waals surface area contributed by atoms with Crippen molar-refractivity contribution >= 4 is 0 Å². The van der Waals surface area contributed by atoms with E-state index in [1.54, 1.807) is 0 Å². The Balaban J connectivity index is 1.85. The molecule has 0 N–H and O–H groups in total. The van der Waals surface area contributed by atoms with Crippen LogP contribution in [0.25, 0.3) is 11.1 Å². The highest BCUT2D eigenvalue weighted by molar-refractivity contribution is 5.86. The van der Waals surface area contributed by atoms with E-state index in [1.165, 1.54) is 45.9 Å². The van der Waals surface area contributed by atoms with Gasteiger partial charge in [-0.15, -0.1) is 0 Å². The first kappa shape index (κ1) is 19.9. The summed E-state index contributed by atoms with van der Waals surface area (Å²) in [5.74, 6) is 1.58. The second kappa shape index (κ2) is 7.90. The van der Waals surface area contributed by atoms with Crippen LogP contribution in [0.1, 0.15) is 27.8 Å². The van der Waals surface area contributed by atoms with Crippen molar-refractivity contribution in [3.63, 3.8) is 0 Å². The molecule has 0 amide bonds. The summed E-state index contributed by atoms with van der Waals surface area (Å²) in [4.78, 5) is 0. The number of ether oxygens (including phenoxy) is 2. The minimum atomic E-state index is -0.447.